The summed E-state index contributed by atoms with van der Waals surface area (Å²) < 4.78 is 45.2. The van der Waals surface area contributed by atoms with E-state index < -0.39 is 11.7 Å². The van der Waals surface area contributed by atoms with Crippen LogP contribution in [0.15, 0.2) is 60.8 Å². The SMILES string of the molecule is Cc1ccc(C)c(Oc2ccc(CN3C(=O)CCN(CCCCN4CCN(c5cccc(C(F)(F)F)c5)CC4)C3=O)cn2)c1. The van der Waals surface area contributed by atoms with Gasteiger partial charge in [0, 0.05) is 63.6 Å². The molecular weight excluding hydrogens is 571 g/mol. The smallest absolute Gasteiger partial charge is 0.416 e. The molecule has 2 fully saturated rings. The molecule has 2 saturated heterocycles. The van der Waals surface area contributed by atoms with Gasteiger partial charge in [0.2, 0.25) is 11.8 Å². The van der Waals surface area contributed by atoms with E-state index in [-0.39, 0.29) is 24.9 Å². The lowest BCUT2D eigenvalue weighted by Gasteiger charge is -2.37. The monoisotopic (exact) mass is 609 g/mol. The summed E-state index contributed by atoms with van der Waals surface area (Å²) in [5.74, 6) is 0.984. The van der Waals surface area contributed by atoms with Crippen LogP contribution in [0.4, 0.5) is 23.7 Å². The summed E-state index contributed by atoms with van der Waals surface area (Å²) >= 11 is 0. The molecule has 5 rings (SSSR count). The van der Waals surface area contributed by atoms with Crippen LogP contribution in [0.1, 0.15) is 41.5 Å². The second-order valence-electron chi connectivity index (χ2n) is 11.5. The van der Waals surface area contributed by atoms with Gasteiger partial charge in [0.15, 0.2) is 0 Å². The lowest BCUT2D eigenvalue weighted by molar-refractivity contribution is -0.137. The molecule has 3 aromatic rings. The normalized spacial score (nSPS) is 16.5. The molecule has 0 spiro atoms. The molecule has 44 heavy (non-hydrogen) atoms. The molecule has 2 aliphatic rings. The molecule has 1 aromatic heterocycles. The fourth-order valence-corrected chi connectivity index (χ4v) is 5.53. The number of piperazine rings is 1. The van der Waals surface area contributed by atoms with Gasteiger partial charge in [-0.1, -0.05) is 24.3 Å². The van der Waals surface area contributed by atoms with Crippen molar-refractivity contribution in [3.63, 3.8) is 0 Å². The number of carbonyl (C=O) groups is 2. The van der Waals surface area contributed by atoms with Crippen LogP contribution in [0.25, 0.3) is 0 Å². The van der Waals surface area contributed by atoms with Crippen molar-refractivity contribution in [2.24, 2.45) is 0 Å². The first kappa shape index (κ1) is 31.3. The van der Waals surface area contributed by atoms with Gasteiger partial charge in [0.05, 0.1) is 12.1 Å². The number of nitrogens with zero attached hydrogens (tertiary/aromatic N) is 5. The number of amides is 3. The highest BCUT2D eigenvalue weighted by molar-refractivity contribution is 5.96. The molecule has 0 aliphatic carbocycles. The first-order valence-electron chi connectivity index (χ1n) is 15.0. The molecule has 8 nitrogen and oxygen atoms in total. The Morgan fingerprint density at radius 1 is 0.886 bits per heavy atom. The summed E-state index contributed by atoms with van der Waals surface area (Å²) in [5, 5.41) is 0. The molecule has 234 valence electrons. The number of halogens is 3. The highest BCUT2D eigenvalue weighted by Gasteiger charge is 2.32. The quantitative estimate of drug-likeness (QED) is 0.253. The van der Waals surface area contributed by atoms with E-state index in [0.717, 1.165) is 61.0 Å². The van der Waals surface area contributed by atoms with Crippen molar-refractivity contribution in [2.45, 2.75) is 45.8 Å². The van der Waals surface area contributed by atoms with Gasteiger partial charge in [-0.3, -0.25) is 14.6 Å². The molecule has 3 heterocycles. The molecule has 0 saturated carbocycles. The van der Waals surface area contributed by atoms with Crippen molar-refractivity contribution in [2.75, 3.05) is 50.7 Å². The van der Waals surface area contributed by atoms with Crippen molar-refractivity contribution in [1.82, 2.24) is 19.7 Å². The minimum atomic E-state index is -4.35. The van der Waals surface area contributed by atoms with Crippen LogP contribution >= 0.6 is 0 Å². The number of pyridine rings is 1. The molecule has 2 aromatic carbocycles. The molecule has 2 aliphatic heterocycles. The number of hydrogen-bond acceptors (Lipinski definition) is 6. The number of hydrogen-bond donors (Lipinski definition) is 0. The van der Waals surface area contributed by atoms with Gasteiger partial charge >= 0.3 is 12.2 Å². The zero-order chi connectivity index (χ0) is 31.3. The van der Waals surface area contributed by atoms with E-state index in [4.69, 9.17) is 4.74 Å². The second kappa shape index (κ2) is 13.7. The van der Waals surface area contributed by atoms with E-state index in [1.165, 1.54) is 17.0 Å². The van der Waals surface area contributed by atoms with Gasteiger partial charge in [0.1, 0.15) is 5.75 Å². The van der Waals surface area contributed by atoms with E-state index in [1.807, 2.05) is 43.0 Å². The summed E-state index contributed by atoms with van der Waals surface area (Å²) in [6, 6.07) is 14.7. The third-order valence-corrected chi connectivity index (χ3v) is 8.16. The van der Waals surface area contributed by atoms with Crippen LogP contribution in [-0.4, -0.2) is 77.4 Å². The Morgan fingerprint density at radius 2 is 1.66 bits per heavy atom. The van der Waals surface area contributed by atoms with Crippen LogP contribution in [0.2, 0.25) is 0 Å². The number of benzene rings is 2. The topological polar surface area (TPSA) is 69.2 Å². The number of imide groups is 1. The van der Waals surface area contributed by atoms with Gasteiger partial charge in [0.25, 0.3) is 0 Å². The van der Waals surface area contributed by atoms with Crippen LogP contribution in [0, 0.1) is 13.8 Å². The van der Waals surface area contributed by atoms with Crippen LogP contribution in [-0.2, 0) is 17.5 Å². The predicted molar refractivity (Wildman–Crippen MR) is 162 cm³/mol. The van der Waals surface area contributed by atoms with Crippen molar-refractivity contribution < 1.29 is 27.5 Å². The summed E-state index contributed by atoms with van der Waals surface area (Å²) in [6.45, 7) is 8.80. The first-order valence-corrected chi connectivity index (χ1v) is 15.0. The zero-order valence-corrected chi connectivity index (χ0v) is 25.1. The van der Waals surface area contributed by atoms with E-state index >= 15 is 0 Å². The maximum atomic E-state index is 13.2. The number of aromatic nitrogens is 1. The Labute approximate surface area is 256 Å². The van der Waals surface area contributed by atoms with Crippen LogP contribution in [0.3, 0.4) is 0 Å². The minimum Gasteiger partial charge on any atom is -0.439 e. The lowest BCUT2D eigenvalue weighted by Crippen LogP contribution is -2.52. The van der Waals surface area contributed by atoms with E-state index in [9.17, 15) is 22.8 Å². The Balaban J connectivity index is 1.05. The Morgan fingerprint density at radius 3 is 2.39 bits per heavy atom. The highest BCUT2D eigenvalue weighted by Crippen LogP contribution is 2.32. The molecule has 0 bridgehead atoms. The summed E-state index contributed by atoms with van der Waals surface area (Å²) in [5.41, 5.74) is 2.80. The third kappa shape index (κ3) is 7.88. The number of urea groups is 1. The van der Waals surface area contributed by atoms with E-state index in [0.29, 0.717) is 37.7 Å². The van der Waals surface area contributed by atoms with E-state index in [2.05, 4.69) is 9.88 Å². The largest absolute Gasteiger partial charge is 0.439 e. The van der Waals surface area contributed by atoms with Gasteiger partial charge in [-0.25, -0.2) is 9.78 Å². The average Bonchev–Trinajstić information content (AvgIpc) is 3.01. The van der Waals surface area contributed by atoms with E-state index in [1.54, 1.807) is 23.2 Å². The predicted octanol–water partition coefficient (Wildman–Crippen LogP) is 6.27. The number of unbranched alkanes of at least 4 members (excludes halogenated alkanes) is 1. The average molecular weight is 610 g/mol. The number of alkyl halides is 3. The summed E-state index contributed by atoms with van der Waals surface area (Å²) in [4.78, 5) is 37.5. The van der Waals surface area contributed by atoms with Crippen molar-refractivity contribution in [3.8, 4) is 11.6 Å². The van der Waals surface area contributed by atoms with Gasteiger partial charge in [-0.2, -0.15) is 13.2 Å². The molecule has 11 heteroatoms. The highest BCUT2D eigenvalue weighted by atomic mass is 19.4. The number of carbonyl (C=O) groups excluding carboxylic acids is 2. The molecule has 0 radical (unpaired) electrons. The van der Waals surface area contributed by atoms with Gasteiger partial charge < -0.3 is 14.5 Å². The van der Waals surface area contributed by atoms with Crippen LogP contribution < -0.4 is 9.64 Å². The first-order chi connectivity index (χ1) is 21.1. The molecule has 0 unspecified atom stereocenters. The summed E-state index contributed by atoms with van der Waals surface area (Å²) in [7, 11) is 0. The number of anilines is 1. The Bertz CT molecular complexity index is 1460. The maximum absolute atomic E-state index is 13.2. The van der Waals surface area contributed by atoms with Gasteiger partial charge in [-0.05, 0) is 74.2 Å². The standard InChI is InChI=1S/C33H38F3N5O3/c1-24-8-9-25(2)29(20-24)44-30-11-10-26(22-37-30)23-41-31(42)12-15-40(32(41)43)14-4-3-13-38-16-18-39(19-17-38)28-7-5-6-27(21-28)33(34,35)36/h5-11,20-22H,3-4,12-19,23H2,1-2H3. The Hall–Kier alpha value is -4.12. The van der Waals surface area contributed by atoms with Crippen molar-refractivity contribution >= 4 is 17.6 Å². The third-order valence-electron chi connectivity index (χ3n) is 8.16. The molecule has 0 N–H and O–H groups in total. The number of rotatable bonds is 10. The minimum absolute atomic E-state index is 0.154. The van der Waals surface area contributed by atoms with Crippen molar-refractivity contribution in [1.29, 1.82) is 0 Å². The van der Waals surface area contributed by atoms with Crippen LogP contribution in [0.5, 0.6) is 11.6 Å². The molecule has 0 atom stereocenters. The zero-order valence-electron chi connectivity index (χ0n) is 25.1. The Kier molecular flexibility index (Phi) is 9.73. The molecular formula is C33H38F3N5O3. The fraction of sp³-hybridized carbons (Fsp3) is 0.424. The van der Waals surface area contributed by atoms with Gasteiger partial charge in [-0.15, -0.1) is 0 Å². The fourth-order valence-electron chi connectivity index (χ4n) is 5.53. The second-order valence-corrected chi connectivity index (χ2v) is 11.5. The molecule has 3 amide bonds. The number of aryl methyl sites for hydroxylation is 2. The lowest BCUT2D eigenvalue weighted by atomic mass is 10.1. The van der Waals surface area contributed by atoms with Crippen molar-refractivity contribution in [3.05, 3.63) is 83.0 Å². The maximum Gasteiger partial charge on any atom is 0.416 e. The number of ether oxygens (including phenoxy) is 1. The summed E-state index contributed by atoms with van der Waals surface area (Å²) in [6.07, 6.45) is -0.755.